The number of rotatable bonds is 4. The Bertz CT molecular complexity index is 1510. The maximum Gasteiger partial charge on any atom is 0.257 e. The molecule has 4 amide bonds. The van der Waals surface area contributed by atoms with Gasteiger partial charge in [-0.05, 0) is 48.7 Å². The summed E-state index contributed by atoms with van der Waals surface area (Å²) in [5.74, 6) is -0.695. The number of likely N-dealkylation sites (tertiary alicyclic amines) is 1. The quantitative estimate of drug-likeness (QED) is 0.451. The molecule has 0 radical (unpaired) electrons. The zero-order chi connectivity index (χ0) is 27.1. The van der Waals surface area contributed by atoms with E-state index in [1.54, 1.807) is 41.3 Å². The number of benzene rings is 3. The Morgan fingerprint density at radius 1 is 0.923 bits per heavy atom. The molecule has 3 aromatic carbocycles. The summed E-state index contributed by atoms with van der Waals surface area (Å²) in [6.45, 7) is 0.933. The zero-order valence-electron chi connectivity index (χ0n) is 21.5. The number of nitrogens with zero attached hydrogens (tertiary/aromatic N) is 1. The Hall–Kier alpha value is -4.66. The number of fused-ring (bicyclic) bond motifs is 3. The number of anilines is 3. The van der Waals surface area contributed by atoms with Crippen molar-refractivity contribution < 1.29 is 23.9 Å². The molecule has 1 atom stereocenters. The Morgan fingerprint density at radius 3 is 2.38 bits per heavy atom. The summed E-state index contributed by atoms with van der Waals surface area (Å²) in [7, 11) is 1.54. The number of carbonyl (C=O) groups is 4. The average Bonchev–Trinajstić information content (AvgIpc) is 3.23. The van der Waals surface area contributed by atoms with Crippen LogP contribution in [-0.4, -0.2) is 48.7 Å². The SMILES string of the molecule is COc1ccccc1C(=O)N1CCC(C(=O)Nc2ccc3c(c2)NC(=O)C32Cc3ccccc3NC2=O)CC1. The van der Waals surface area contributed by atoms with Crippen molar-refractivity contribution in [1.29, 1.82) is 0 Å². The first kappa shape index (κ1) is 24.7. The molecule has 9 heteroatoms. The van der Waals surface area contributed by atoms with Gasteiger partial charge in [-0.3, -0.25) is 19.2 Å². The van der Waals surface area contributed by atoms with Crippen molar-refractivity contribution in [1.82, 2.24) is 4.90 Å². The van der Waals surface area contributed by atoms with Crippen LogP contribution in [0.25, 0.3) is 0 Å². The molecule has 3 heterocycles. The molecule has 1 unspecified atom stereocenters. The number of hydrogen-bond acceptors (Lipinski definition) is 5. The Kier molecular flexibility index (Phi) is 6.06. The topological polar surface area (TPSA) is 117 Å². The second-order valence-electron chi connectivity index (χ2n) is 10.2. The molecule has 6 rings (SSSR count). The van der Waals surface area contributed by atoms with Gasteiger partial charge in [0.1, 0.15) is 5.75 Å². The summed E-state index contributed by atoms with van der Waals surface area (Å²) < 4.78 is 5.32. The fourth-order valence-electron chi connectivity index (χ4n) is 5.82. The fraction of sp³-hybridized carbons (Fsp3) is 0.267. The fourth-order valence-corrected chi connectivity index (χ4v) is 5.82. The van der Waals surface area contributed by atoms with Crippen molar-refractivity contribution in [2.45, 2.75) is 24.7 Å². The second-order valence-corrected chi connectivity index (χ2v) is 10.2. The van der Waals surface area contributed by atoms with Crippen molar-refractivity contribution >= 4 is 40.7 Å². The van der Waals surface area contributed by atoms with Gasteiger partial charge in [-0.25, -0.2) is 0 Å². The van der Waals surface area contributed by atoms with Gasteiger partial charge in [-0.15, -0.1) is 0 Å². The number of methoxy groups -OCH3 is 1. The average molecular weight is 525 g/mol. The van der Waals surface area contributed by atoms with Gasteiger partial charge < -0.3 is 25.6 Å². The van der Waals surface area contributed by atoms with E-state index in [2.05, 4.69) is 16.0 Å². The molecule has 3 N–H and O–H groups in total. The molecule has 3 aliphatic rings. The number of ether oxygens (including phenoxy) is 1. The van der Waals surface area contributed by atoms with Gasteiger partial charge in [0.15, 0.2) is 5.41 Å². The van der Waals surface area contributed by atoms with Gasteiger partial charge in [0, 0.05) is 48.1 Å². The molecule has 39 heavy (non-hydrogen) atoms. The van der Waals surface area contributed by atoms with Gasteiger partial charge in [-0.1, -0.05) is 36.4 Å². The molecule has 3 aromatic rings. The van der Waals surface area contributed by atoms with Crippen LogP contribution in [0.3, 0.4) is 0 Å². The standard InChI is InChI=1S/C30H28N4O5/c1-39-25-9-5-3-7-21(25)27(36)34-14-12-18(13-15-34)26(35)31-20-10-11-22-24(16-20)33-29(38)30(22)17-19-6-2-4-8-23(19)32-28(30)37/h2-11,16,18H,12-15,17H2,1H3,(H,31,35)(H,32,37)(H,33,38). The minimum atomic E-state index is -1.34. The maximum atomic E-state index is 13.1. The van der Waals surface area contributed by atoms with E-state index in [4.69, 9.17) is 4.74 Å². The van der Waals surface area contributed by atoms with Crippen molar-refractivity contribution in [3.8, 4) is 5.75 Å². The van der Waals surface area contributed by atoms with Crippen LogP contribution < -0.4 is 20.7 Å². The molecule has 0 saturated carbocycles. The molecule has 198 valence electrons. The maximum absolute atomic E-state index is 13.1. The summed E-state index contributed by atoms with van der Waals surface area (Å²) in [5.41, 5.74) is 2.44. The predicted octanol–water partition coefficient (Wildman–Crippen LogP) is 3.57. The van der Waals surface area contributed by atoms with E-state index in [1.165, 1.54) is 7.11 Å². The van der Waals surface area contributed by atoms with E-state index >= 15 is 0 Å². The van der Waals surface area contributed by atoms with Crippen LogP contribution in [0, 0.1) is 5.92 Å². The van der Waals surface area contributed by atoms with E-state index in [0.717, 1.165) is 5.56 Å². The molecule has 0 bridgehead atoms. The first-order valence-electron chi connectivity index (χ1n) is 13.0. The lowest BCUT2D eigenvalue weighted by atomic mass is 9.73. The molecule has 1 spiro atoms. The van der Waals surface area contributed by atoms with Gasteiger partial charge >= 0.3 is 0 Å². The van der Waals surface area contributed by atoms with E-state index in [1.807, 2.05) is 30.3 Å². The number of para-hydroxylation sites is 2. The van der Waals surface area contributed by atoms with Crippen LogP contribution in [-0.2, 0) is 26.2 Å². The predicted molar refractivity (Wildman–Crippen MR) is 146 cm³/mol. The minimum absolute atomic E-state index is 0.107. The van der Waals surface area contributed by atoms with Crippen LogP contribution in [0.5, 0.6) is 5.75 Å². The van der Waals surface area contributed by atoms with Gasteiger partial charge in [0.2, 0.25) is 17.7 Å². The smallest absolute Gasteiger partial charge is 0.257 e. The van der Waals surface area contributed by atoms with E-state index in [-0.39, 0.29) is 36.0 Å². The first-order valence-corrected chi connectivity index (χ1v) is 13.0. The number of nitrogens with one attached hydrogen (secondary N) is 3. The molecule has 1 fully saturated rings. The van der Waals surface area contributed by atoms with Crippen molar-refractivity contribution in [3.05, 3.63) is 83.4 Å². The largest absolute Gasteiger partial charge is 0.496 e. The second kappa shape index (κ2) is 9.58. The number of piperidine rings is 1. The van der Waals surface area contributed by atoms with Crippen LogP contribution >= 0.6 is 0 Å². The summed E-state index contributed by atoms with van der Waals surface area (Å²) in [5, 5.41) is 8.68. The number of carbonyl (C=O) groups excluding carboxylic acids is 4. The summed E-state index contributed by atoms with van der Waals surface area (Å²) in [6, 6.07) is 19.8. The lowest BCUT2D eigenvalue weighted by Crippen LogP contribution is -2.50. The first-order chi connectivity index (χ1) is 18.9. The lowest BCUT2D eigenvalue weighted by molar-refractivity contribution is -0.131. The number of hydrogen-bond donors (Lipinski definition) is 3. The van der Waals surface area contributed by atoms with Crippen LogP contribution in [0.2, 0.25) is 0 Å². The molecular formula is C30H28N4O5. The zero-order valence-corrected chi connectivity index (χ0v) is 21.5. The van der Waals surface area contributed by atoms with Crippen LogP contribution in [0.4, 0.5) is 17.1 Å². The minimum Gasteiger partial charge on any atom is -0.496 e. The monoisotopic (exact) mass is 524 g/mol. The highest BCUT2D eigenvalue weighted by Crippen LogP contribution is 2.45. The molecule has 3 aliphatic heterocycles. The van der Waals surface area contributed by atoms with E-state index in [9.17, 15) is 19.2 Å². The van der Waals surface area contributed by atoms with Crippen LogP contribution in [0.15, 0.2) is 66.7 Å². The van der Waals surface area contributed by atoms with Crippen molar-refractivity contribution in [2.24, 2.45) is 5.92 Å². The molecular weight excluding hydrogens is 496 g/mol. The highest BCUT2D eigenvalue weighted by Gasteiger charge is 2.55. The van der Waals surface area contributed by atoms with Crippen molar-refractivity contribution in [2.75, 3.05) is 36.1 Å². The van der Waals surface area contributed by atoms with Gasteiger partial charge in [-0.2, -0.15) is 0 Å². The summed E-state index contributed by atoms with van der Waals surface area (Å²) in [4.78, 5) is 54.1. The summed E-state index contributed by atoms with van der Waals surface area (Å²) >= 11 is 0. The van der Waals surface area contributed by atoms with E-state index in [0.29, 0.717) is 59.9 Å². The van der Waals surface area contributed by atoms with Gasteiger partial charge in [0.25, 0.3) is 5.91 Å². The summed E-state index contributed by atoms with van der Waals surface area (Å²) in [6.07, 6.45) is 1.35. The van der Waals surface area contributed by atoms with Crippen molar-refractivity contribution in [3.63, 3.8) is 0 Å². The molecule has 0 aliphatic carbocycles. The van der Waals surface area contributed by atoms with E-state index < -0.39 is 5.41 Å². The third kappa shape index (κ3) is 4.10. The number of amides is 4. The molecule has 9 nitrogen and oxygen atoms in total. The van der Waals surface area contributed by atoms with Gasteiger partial charge in [0.05, 0.1) is 12.7 Å². The van der Waals surface area contributed by atoms with Crippen LogP contribution in [0.1, 0.15) is 34.3 Å². The Balaban J connectivity index is 1.13. The molecule has 0 aromatic heterocycles. The Morgan fingerprint density at radius 2 is 1.62 bits per heavy atom. The highest BCUT2D eigenvalue weighted by molar-refractivity contribution is 6.25. The third-order valence-electron chi connectivity index (χ3n) is 7.98. The molecule has 1 saturated heterocycles. The Labute approximate surface area is 225 Å². The normalized spacial score (nSPS) is 20.1. The third-order valence-corrected chi connectivity index (χ3v) is 7.98. The lowest BCUT2D eigenvalue weighted by Gasteiger charge is -2.32. The highest BCUT2D eigenvalue weighted by atomic mass is 16.5.